The predicted octanol–water partition coefficient (Wildman–Crippen LogP) is 7.17. The van der Waals surface area contributed by atoms with E-state index in [2.05, 4.69) is 92.8 Å². The van der Waals surface area contributed by atoms with Crippen LogP contribution in [-0.2, 0) is 0 Å². The van der Waals surface area contributed by atoms with Crippen molar-refractivity contribution >= 4 is 44.8 Å². The van der Waals surface area contributed by atoms with Crippen molar-refractivity contribution in [3.05, 3.63) is 121 Å². The van der Waals surface area contributed by atoms with E-state index in [0.29, 0.717) is 17.5 Å². The van der Waals surface area contributed by atoms with Gasteiger partial charge in [-0.25, -0.2) is 15.0 Å². The molecular weight excluding hydrogens is 481 g/mol. The zero-order valence-electron chi connectivity index (χ0n) is 20.8. The molecule has 0 fully saturated rings. The molecular formula is C33H22BN3S. The normalized spacial score (nSPS) is 11.3. The molecule has 0 atom stereocenters. The molecule has 0 bridgehead atoms. The van der Waals surface area contributed by atoms with Crippen LogP contribution in [0, 0.1) is 0 Å². The molecule has 0 unspecified atom stereocenters. The fourth-order valence-electron chi connectivity index (χ4n) is 4.95. The fraction of sp³-hybridized carbons (Fsp3) is 0. The number of rotatable bonds is 4. The lowest BCUT2D eigenvalue weighted by Crippen LogP contribution is -2.00. The van der Waals surface area contributed by atoms with Crippen LogP contribution in [0.25, 0.3) is 65.5 Å². The molecule has 7 rings (SSSR count). The number of thiophene rings is 1. The monoisotopic (exact) mass is 503 g/mol. The van der Waals surface area contributed by atoms with E-state index >= 15 is 0 Å². The van der Waals surface area contributed by atoms with Gasteiger partial charge in [-0.15, -0.1) is 11.3 Å². The van der Waals surface area contributed by atoms with E-state index in [1.165, 1.54) is 25.6 Å². The quantitative estimate of drug-likeness (QED) is 0.239. The first-order valence-electron chi connectivity index (χ1n) is 12.6. The lowest BCUT2D eigenvalue weighted by Gasteiger charge is -2.10. The van der Waals surface area contributed by atoms with Crippen molar-refractivity contribution < 1.29 is 0 Å². The van der Waals surface area contributed by atoms with Crippen molar-refractivity contribution in [2.24, 2.45) is 0 Å². The Morgan fingerprint density at radius 1 is 0.447 bits per heavy atom. The molecule has 5 heteroatoms. The Labute approximate surface area is 225 Å². The molecule has 0 amide bonds. The summed E-state index contributed by atoms with van der Waals surface area (Å²) in [7, 11) is 2.17. The van der Waals surface area contributed by atoms with Gasteiger partial charge in [0.05, 0.1) is 0 Å². The van der Waals surface area contributed by atoms with E-state index in [4.69, 9.17) is 15.0 Å². The van der Waals surface area contributed by atoms with Crippen molar-refractivity contribution in [1.29, 1.82) is 0 Å². The average Bonchev–Trinajstić information content (AvgIpc) is 3.38. The van der Waals surface area contributed by atoms with E-state index < -0.39 is 0 Å². The Hall–Kier alpha value is -4.61. The molecule has 0 radical (unpaired) electrons. The van der Waals surface area contributed by atoms with Crippen LogP contribution in [0.3, 0.4) is 0 Å². The molecule has 0 saturated heterocycles. The third-order valence-electron chi connectivity index (χ3n) is 6.86. The zero-order valence-corrected chi connectivity index (χ0v) is 21.6. The van der Waals surface area contributed by atoms with Crippen LogP contribution >= 0.6 is 11.3 Å². The Kier molecular flexibility index (Phi) is 5.56. The molecule has 3 nitrogen and oxygen atoms in total. The van der Waals surface area contributed by atoms with Gasteiger partial charge in [-0.1, -0.05) is 115 Å². The van der Waals surface area contributed by atoms with Crippen LogP contribution in [0.4, 0.5) is 0 Å². The third-order valence-corrected chi connectivity index (χ3v) is 8.25. The molecule has 0 aliphatic heterocycles. The molecule has 0 aliphatic carbocycles. The smallest absolute Gasteiger partial charge is 0.165 e. The predicted molar refractivity (Wildman–Crippen MR) is 163 cm³/mol. The van der Waals surface area contributed by atoms with Gasteiger partial charge in [-0.2, -0.15) is 0 Å². The average molecular weight is 503 g/mol. The maximum Gasteiger partial charge on any atom is 0.165 e. The molecule has 38 heavy (non-hydrogen) atoms. The summed E-state index contributed by atoms with van der Waals surface area (Å²) in [6.07, 6.45) is 0. The minimum atomic E-state index is 0.668. The standard InChI is InChI=1S/C33H22BN3S/c34-28-19-9-17-26-25-16-8-18-27(29(25)38-30(26)28)33-36-31(22-12-5-2-6-13-22)35-32(37-33)24-15-7-14-23(20-24)21-10-3-1-4-11-21/h1-20H,34H2. The van der Waals surface area contributed by atoms with Gasteiger partial charge < -0.3 is 0 Å². The highest BCUT2D eigenvalue weighted by Gasteiger charge is 2.17. The first-order valence-corrected chi connectivity index (χ1v) is 13.4. The summed E-state index contributed by atoms with van der Waals surface area (Å²) < 4.78 is 2.51. The van der Waals surface area contributed by atoms with Crippen molar-refractivity contribution in [3.8, 4) is 45.3 Å². The molecule has 7 aromatic rings. The molecule has 2 heterocycles. The second-order valence-electron chi connectivity index (χ2n) is 9.36. The van der Waals surface area contributed by atoms with Crippen LogP contribution in [0.2, 0.25) is 0 Å². The Morgan fingerprint density at radius 2 is 1.00 bits per heavy atom. The van der Waals surface area contributed by atoms with Crippen molar-refractivity contribution in [1.82, 2.24) is 15.0 Å². The number of nitrogens with zero attached hydrogens (tertiary/aromatic N) is 3. The maximum absolute atomic E-state index is 5.06. The number of hydrogen-bond donors (Lipinski definition) is 0. The highest BCUT2D eigenvalue weighted by Crippen LogP contribution is 2.39. The van der Waals surface area contributed by atoms with E-state index in [9.17, 15) is 0 Å². The molecule has 0 N–H and O–H groups in total. The Bertz CT molecular complexity index is 1930. The number of benzene rings is 5. The summed E-state index contributed by atoms with van der Waals surface area (Å²) in [4.78, 5) is 15.0. The Balaban J connectivity index is 1.46. The largest absolute Gasteiger partial charge is 0.208 e. The van der Waals surface area contributed by atoms with Gasteiger partial charge >= 0.3 is 0 Å². The molecule has 178 valence electrons. The van der Waals surface area contributed by atoms with Gasteiger partial charge in [0.1, 0.15) is 7.85 Å². The van der Waals surface area contributed by atoms with Gasteiger partial charge in [0.2, 0.25) is 0 Å². The fourth-order valence-corrected chi connectivity index (χ4v) is 6.23. The minimum absolute atomic E-state index is 0.668. The topological polar surface area (TPSA) is 38.7 Å². The highest BCUT2D eigenvalue weighted by atomic mass is 32.1. The van der Waals surface area contributed by atoms with Gasteiger partial charge in [0.15, 0.2) is 17.5 Å². The van der Waals surface area contributed by atoms with Crippen LogP contribution in [0.15, 0.2) is 121 Å². The second-order valence-corrected chi connectivity index (χ2v) is 10.4. The summed E-state index contributed by atoms with van der Waals surface area (Å²) in [5.74, 6) is 2.03. The summed E-state index contributed by atoms with van der Waals surface area (Å²) in [6.45, 7) is 0. The SMILES string of the molecule is Bc1cccc2c1sc1c(-c3nc(-c4ccccc4)nc(-c4cccc(-c5ccccc5)c4)n3)cccc12. The number of hydrogen-bond acceptors (Lipinski definition) is 4. The van der Waals surface area contributed by atoms with Crippen LogP contribution in [0.5, 0.6) is 0 Å². The van der Waals surface area contributed by atoms with Crippen molar-refractivity contribution in [2.45, 2.75) is 0 Å². The molecule has 0 aliphatic rings. The first kappa shape index (κ1) is 22.6. The van der Waals surface area contributed by atoms with E-state index in [-0.39, 0.29) is 0 Å². The van der Waals surface area contributed by atoms with E-state index in [0.717, 1.165) is 27.8 Å². The summed E-state index contributed by atoms with van der Waals surface area (Å²) in [5.41, 5.74) is 6.55. The van der Waals surface area contributed by atoms with Gasteiger partial charge in [0, 0.05) is 31.5 Å². The van der Waals surface area contributed by atoms with Gasteiger partial charge in [-0.05, 0) is 28.6 Å². The molecule has 5 aromatic carbocycles. The van der Waals surface area contributed by atoms with Crippen LogP contribution < -0.4 is 5.46 Å². The van der Waals surface area contributed by atoms with E-state index in [1.54, 1.807) is 0 Å². The number of fused-ring (bicyclic) bond motifs is 3. The lowest BCUT2D eigenvalue weighted by atomic mass is 9.94. The maximum atomic E-state index is 5.06. The van der Waals surface area contributed by atoms with Crippen LogP contribution in [0.1, 0.15) is 0 Å². The second kappa shape index (κ2) is 9.36. The summed E-state index contributed by atoms with van der Waals surface area (Å²) >= 11 is 1.81. The molecule has 0 spiro atoms. The number of aromatic nitrogens is 3. The third kappa shape index (κ3) is 3.98. The lowest BCUT2D eigenvalue weighted by molar-refractivity contribution is 1.08. The first-order chi connectivity index (χ1) is 18.7. The summed E-state index contributed by atoms with van der Waals surface area (Å²) in [5, 5.41) is 2.51. The van der Waals surface area contributed by atoms with Crippen LogP contribution in [-0.4, -0.2) is 22.8 Å². The van der Waals surface area contributed by atoms with Gasteiger partial charge in [0.25, 0.3) is 0 Å². The molecule has 2 aromatic heterocycles. The molecule has 0 saturated carbocycles. The minimum Gasteiger partial charge on any atom is -0.208 e. The van der Waals surface area contributed by atoms with Crippen molar-refractivity contribution in [3.63, 3.8) is 0 Å². The Morgan fingerprint density at radius 3 is 1.76 bits per heavy atom. The van der Waals surface area contributed by atoms with E-state index in [1.807, 2.05) is 47.7 Å². The van der Waals surface area contributed by atoms with Gasteiger partial charge in [-0.3, -0.25) is 0 Å². The summed E-state index contributed by atoms with van der Waals surface area (Å²) in [6, 6.07) is 41.9. The van der Waals surface area contributed by atoms with Crippen molar-refractivity contribution in [2.75, 3.05) is 0 Å². The highest BCUT2D eigenvalue weighted by molar-refractivity contribution is 7.27. The zero-order chi connectivity index (χ0) is 25.5.